The fourth-order valence-electron chi connectivity index (χ4n) is 3.50. The van der Waals surface area contributed by atoms with Gasteiger partial charge >= 0.3 is 0 Å². The summed E-state index contributed by atoms with van der Waals surface area (Å²) in [5, 5.41) is 2.83. The van der Waals surface area contributed by atoms with Gasteiger partial charge in [-0.05, 0) is 74.2 Å². The summed E-state index contributed by atoms with van der Waals surface area (Å²) in [4.78, 5) is 12.7. The Morgan fingerprint density at radius 3 is 2.52 bits per heavy atom. The molecule has 1 heterocycles. The van der Waals surface area contributed by atoms with Gasteiger partial charge in [-0.2, -0.15) is 0 Å². The Labute approximate surface area is 181 Å². The minimum atomic E-state index is -3.71. The largest absolute Gasteiger partial charge is 0.490 e. The van der Waals surface area contributed by atoms with Gasteiger partial charge in [0.2, 0.25) is 10.0 Å². The summed E-state index contributed by atoms with van der Waals surface area (Å²) < 4.78 is 38.4. The summed E-state index contributed by atoms with van der Waals surface area (Å²) in [5.41, 5.74) is 0.976. The van der Waals surface area contributed by atoms with Crippen LogP contribution in [0.4, 0.5) is 5.69 Å². The second-order valence-electron chi connectivity index (χ2n) is 7.43. The molecule has 0 bridgehead atoms. The summed E-state index contributed by atoms with van der Waals surface area (Å²) in [6, 6.07) is 16.4. The van der Waals surface area contributed by atoms with Gasteiger partial charge in [-0.15, -0.1) is 0 Å². The van der Waals surface area contributed by atoms with E-state index in [0.717, 1.165) is 18.6 Å². The molecule has 1 saturated carbocycles. The van der Waals surface area contributed by atoms with Gasteiger partial charge in [-0.1, -0.05) is 6.07 Å². The summed E-state index contributed by atoms with van der Waals surface area (Å²) in [7, 11) is -3.71. The van der Waals surface area contributed by atoms with Crippen molar-refractivity contribution in [3.8, 4) is 5.75 Å². The maximum absolute atomic E-state index is 12.6. The molecule has 4 rings (SSSR count). The first-order valence-electron chi connectivity index (χ1n) is 10.2. The molecular weight excluding hydrogens is 416 g/mol. The van der Waals surface area contributed by atoms with Crippen molar-refractivity contribution in [1.82, 2.24) is 4.72 Å². The van der Waals surface area contributed by atoms with Crippen molar-refractivity contribution in [3.63, 3.8) is 0 Å². The van der Waals surface area contributed by atoms with Crippen LogP contribution in [-0.2, 0) is 16.6 Å². The van der Waals surface area contributed by atoms with Crippen LogP contribution in [0.2, 0.25) is 0 Å². The van der Waals surface area contributed by atoms with E-state index in [4.69, 9.17) is 9.15 Å². The Morgan fingerprint density at radius 1 is 1.03 bits per heavy atom. The van der Waals surface area contributed by atoms with Gasteiger partial charge in [0.15, 0.2) is 0 Å². The molecule has 0 radical (unpaired) electrons. The number of hydrogen-bond donors (Lipinski definition) is 2. The van der Waals surface area contributed by atoms with Crippen LogP contribution in [-0.4, -0.2) is 20.4 Å². The van der Waals surface area contributed by atoms with Crippen molar-refractivity contribution in [2.24, 2.45) is 0 Å². The zero-order valence-electron chi connectivity index (χ0n) is 16.9. The first-order chi connectivity index (χ1) is 15.0. The number of nitrogens with one attached hydrogen (secondary N) is 2. The molecular formula is C23H24N2O5S. The van der Waals surface area contributed by atoms with Crippen LogP contribution >= 0.6 is 0 Å². The zero-order chi connectivity index (χ0) is 21.7. The van der Waals surface area contributed by atoms with Crippen LogP contribution in [0.5, 0.6) is 5.75 Å². The average molecular weight is 441 g/mol. The Kier molecular flexibility index (Phi) is 6.39. The highest BCUT2D eigenvalue weighted by Crippen LogP contribution is 2.26. The number of hydrogen-bond acceptors (Lipinski definition) is 5. The SMILES string of the molecule is O=C(Nc1cccc(OC2CCCC2)c1)c1ccc(S(=O)(=O)NCc2ccco2)cc1. The number of ether oxygens (including phenoxy) is 1. The Balaban J connectivity index is 1.38. The number of anilines is 1. The second-order valence-corrected chi connectivity index (χ2v) is 9.20. The number of carbonyl (C=O) groups excluding carboxylic acids is 1. The summed E-state index contributed by atoms with van der Waals surface area (Å²) in [6.07, 6.45) is 6.20. The first-order valence-corrected chi connectivity index (χ1v) is 11.7. The van der Waals surface area contributed by atoms with Gasteiger partial charge in [0.1, 0.15) is 11.5 Å². The van der Waals surface area contributed by atoms with E-state index in [-0.39, 0.29) is 23.5 Å². The van der Waals surface area contributed by atoms with Gasteiger partial charge in [0.05, 0.1) is 23.8 Å². The lowest BCUT2D eigenvalue weighted by Gasteiger charge is -2.14. The van der Waals surface area contributed by atoms with Crippen LogP contribution in [0, 0.1) is 0 Å². The predicted octanol–water partition coefficient (Wildman–Crippen LogP) is 4.33. The number of sulfonamides is 1. The fraction of sp³-hybridized carbons (Fsp3) is 0.261. The molecule has 2 N–H and O–H groups in total. The smallest absolute Gasteiger partial charge is 0.255 e. The number of benzene rings is 2. The van der Waals surface area contributed by atoms with Crippen LogP contribution < -0.4 is 14.8 Å². The quantitative estimate of drug-likeness (QED) is 0.543. The molecule has 1 aliphatic carbocycles. The van der Waals surface area contributed by atoms with Gasteiger partial charge < -0.3 is 14.5 Å². The van der Waals surface area contributed by atoms with Crippen molar-refractivity contribution in [3.05, 3.63) is 78.3 Å². The average Bonchev–Trinajstić information content (AvgIpc) is 3.47. The highest BCUT2D eigenvalue weighted by atomic mass is 32.2. The third-order valence-electron chi connectivity index (χ3n) is 5.14. The Bertz CT molecular complexity index is 1120. The lowest BCUT2D eigenvalue weighted by molar-refractivity contribution is 0.102. The molecule has 162 valence electrons. The molecule has 3 aromatic rings. The van der Waals surface area contributed by atoms with E-state index in [1.165, 1.54) is 43.4 Å². The van der Waals surface area contributed by atoms with Gasteiger partial charge in [0, 0.05) is 17.3 Å². The van der Waals surface area contributed by atoms with E-state index in [2.05, 4.69) is 10.0 Å². The summed E-state index contributed by atoms with van der Waals surface area (Å²) in [5.74, 6) is 0.915. The van der Waals surface area contributed by atoms with Gasteiger partial charge in [-0.25, -0.2) is 13.1 Å². The van der Waals surface area contributed by atoms with Gasteiger partial charge in [0.25, 0.3) is 5.91 Å². The Morgan fingerprint density at radius 2 is 1.81 bits per heavy atom. The maximum atomic E-state index is 12.6. The standard InChI is InChI=1S/C23H24N2O5S/c26-23(25-18-5-3-8-20(15-18)30-19-6-1-2-7-19)17-10-12-22(13-11-17)31(27,28)24-16-21-9-4-14-29-21/h3-5,8-15,19,24H,1-2,6-7,16H2,(H,25,26). The molecule has 0 unspecified atom stereocenters. The van der Waals surface area contributed by atoms with E-state index in [0.29, 0.717) is 17.0 Å². The van der Waals surface area contributed by atoms with E-state index in [9.17, 15) is 13.2 Å². The fourth-order valence-corrected chi connectivity index (χ4v) is 4.49. The molecule has 0 atom stereocenters. The molecule has 1 fully saturated rings. The van der Waals surface area contributed by atoms with Crippen molar-refractivity contribution >= 4 is 21.6 Å². The van der Waals surface area contributed by atoms with Gasteiger partial charge in [-0.3, -0.25) is 4.79 Å². The monoisotopic (exact) mass is 440 g/mol. The molecule has 31 heavy (non-hydrogen) atoms. The molecule has 1 aliphatic rings. The zero-order valence-corrected chi connectivity index (χ0v) is 17.7. The second kappa shape index (κ2) is 9.36. The highest BCUT2D eigenvalue weighted by molar-refractivity contribution is 7.89. The highest BCUT2D eigenvalue weighted by Gasteiger charge is 2.17. The van der Waals surface area contributed by atoms with Crippen LogP contribution in [0.1, 0.15) is 41.8 Å². The number of rotatable bonds is 8. The Hall–Kier alpha value is -3.10. The normalized spacial score (nSPS) is 14.5. The summed E-state index contributed by atoms with van der Waals surface area (Å²) >= 11 is 0. The van der Waals surface area contributed by atoms with Crippen molar-refractivity contribution in [1.29, 1.82) is 0 Å². The van der Waals surface area contributed by atoms with Crippen molar-refractivity contribution in [2.45, 2.75) is 43.2 Å². The molecule has 1 amide bonds. The third-order valence-corrected chi connectivity index (χ3v) is 6.56. The molecule has 1 aromatic heterocycles. The maximum Gasteiger partial charge on any atom is 0.255 e. The predicted molar refractivity (Wildman–Crippen MR) is 116 cm³/mol. The van der Waals surface area contributed by atoms with Crippen LogP contribution in [0.3, 0.4) is 0 Å². The van der Waals surface area contributed by atoms with Crippen LogP contribution in [0.15, 0.2) is 76.2 Å². The number of amides is 1. The van der Waals surface area contributed by atoms with E-state index >= 15 is 0 Å². The van der Waals surface area contributed by atoms with Crippen molar-refractivity contribution < 1.29 is 22.4 Å². The topological polar surface area (TPSA) is 97.6 Å². The molecule has 0 aliphatic heterocycles. The molecule has 0 spiro atoms. The summed E-state index contributed by atoms with van der Waals surface area (Å²) in [6.45, 7) is 0.0524. The minimum absolute atomic E-state index is 0.0524. The molecule has 7 nitrogen and oxygen atoms in total. The first kappa shape index (κ1) is 21.1. The lowest BCUT2D eigenvalue weighted by atomic mass is 10.2. The number of furan rings is 1. The third kappa shape index (κ3) is 5.53. The molecule has 8 heteroatoms. The minimum Gasteiger partial charge on any atom is -0.490 e. The van der Waals surface area contributed by atoms with Crippen LogP contribution in [0.25, 0.3) is 0 Å². The molecule has 2 aromatic carbocycles. The molecule has 0 saturated heterocycles. The van der Waals surface area contributed by atoms with Crippen molar-refractivity contribution in [2.75, 3.05) is 5.32 Å². The van der Waals surface area contributed by atoms with E-state index in [1.54, 1.807) is 24.3 Å². The number of carbonyl (C=O) groups is 1. The van der Waals surface area contributed by atoms with E-state index in [1.807, 2.05) is 12.1 Å². The van der Waals surface area contributed by atoms with E-state index < -0.39 is 10.0 Å². The lowest BCUT2D eigenvalue weighted by Crippen LogP contribution is -2.23.